The van der Waals surface area contributed by atoms with E-state index in [1.54, 1.807) is 0 Å². The van der Waals surface area contributed by atoms with Gasteiger partial charge in [0.2, 0.25) is 0 Å². The van der Waals surface area contributed by atoms with Crippen molar-refractivity contribution in [2.45, 2.75) is 12.5 Å². The monoisotopic (exact) mass is 199 g/mol. The molecule has 0 radical (unpaired) electrons. The van der Waals surface area contributed by atoms with Gasteiger partial charge >= 0.3 is 6.03 Å². The van der Waals surface area contributed by atoms with E-state index in [-0.39, 0.29) is 11.6 Å². The smallest absolute Gasteiger partial charge is 0.318 e. The van der Waals surface area contributed by atoms with Crippen molar-refractivity contribution in [3.05, 3.63) is 0 Å². The minimum Gasteiger partial charge on any atom is -0.378 e. The summed E-state index contributed by atoms with van der Waals surface area (Å²) >= 11 is 0. The molecule has 2 rings (SSSR count). The molecule has 2 N–H and O–H groups in total. The molecule has 14 heavy (non-hydrogen) atoms. The number of carbonyl (C=O) groups is 1. The molecular weight excluding hydrogens is 182 g/mol. The molecule has 0 spiro atoms. The zero-order valence-corrected chi connectivity index (χ0v) is 8.51. The van der Waals surface area contributed by atoms with Crippen LogP contribution in [0.3, 0.4) is 0 Å². The summed E-state index contributed by atoms with van der Waals surface area (Å²) in [6.45, 7) is 6.50. The van der Waals surface area contributed by atoms with Crippen LogP contribution in [0.5, 0.6) is 0 Å². The van der Waals surface area contributed by atoms with Crippen LogP contribution in [0, 0.1) is 0 Å². The van der Waals surface area contributed by atoms with Crippen LogP contribution in [-0.2, 0) is 4.74 Å². The molecular formula is C9H17N3O2. The van der Waals surface area contributed by atoms with E-state index in [0.717, 1.165) is 13.1 Å². The molecule has 0 aromatic rings. The third kappa shape index (κ3) is 1.99. The van der Waals surface area contributed by atoms with Crippen molar-refractivity contribution in [2.75, 3.05) is 39.4 Å². The molecule has 2 aliphatic heterocycles. The van der Waals surface area contributed by atoms with Gasteiger partial charge in [-0.25, -0.2) is 4.79 Å². The molecule has 2 fully saturated rings. The van der Waals surface area contributed by atoms with Gasteiger partial charge in [-0.1, -0.05) is 0 Å². The lowest BCUT2D eigenvalue weighted by molar-refractivity contribution is 0.0498. The maximum atomic E-state index is 11.7. The van der Waals surface area contributed by atoms with Crippen LogP contribution in [0.2, 0.25) is 0 Å². The van der Waals surface area contributed by atoms with Crippen molar-refractivity contribution in [1.82, 2.24) is 15.5 Å². The fourth-order valence-corrected chi connectivity index (χ4v) is 1.69. The summed E-state index contributed by atoms with van der Waals surface area (Å²) in [5, 5.41) is 6.18. The van der Waals surface area contributed by atoms with Crippen molar-refractivity contribution in [3.8, 4) is 0 Å². The summed E-state index contributed by atoms with van der Waals surface area (Å²) in [4.78, 5) is 13.6. The Morgan fingerprint density at radius 3 is 2.57 bits per heavy atom. The Morgan fingerprint density at radius 2 is 2.07 bits per heavy atom. The largest absolute Gasteiger partial charge is 0.378 e. The number of amides is 2. The Balaban J connectivity index is 1.81. The molecule has 5 heteroatoms. The number of ether oxygens (including phenoxy) is 1. The number of nitrogens with one attached hydrogen (secondary N) is 2. The topological polar surface area (TPSA) is 53.6 Å². The average molecular weight is 199 g/mol. The third-order valence-corrected chi connectivity index (χ3v) is 2.74. The number of urea groups is 1. The fraction of sp³-hybridized carbons (Fsp3) is 0.889. The molecule has 0 saturated carbocycles. The van der Waals surface area contributed by atoms with Gasteiger partial charge in [0.25, 0.3) is 0 Å². The number of rotatable bonds is 1. The molecule has 2 saturated heterocycles. The van der Waals surface area contributed by atoms with Crippen LogP contribution in [-0.4, -0.2) is 55.9 Å². The van der Waals surface area contributed by atoms with E-state index in [4.69, 9.17) is 4.74 Å². The van der Waals surface area contributed by atoms with Gasteiger partial charge in [-0.05, 0) is 6.92 Å². The fourth-order valence-electron chi connectivity index (χ4n) is 1.69. The van der Waals surface area contributed by atoms with Crippen LogP contribution in [0.4, 0.5) is 4.79 Å². The molecule has 0 bridgehead atoms. The number of hydrogen-bond donors (Lipinski definition) is 2. The lowest BCUT2D eigenvalue weighted by atomic mass is 9.96. The maximum Gasteiger partial charge on any atom is 0.318 e. The minimum absolute atomic E-state index is 0.0392. The molecule has 2 amide bonds. The predicted molar refractivity (Wildman–Crippen MR) is 52.2 cm³/mol. The number of carbonyl (C=O) groups excluding carboxylic acids is 1. The highest BCUT2D eigenvalue weighted by atomic mass is 16.5. The Kier molecular flexibility index (Phi) is 2.60. The summed E-state index contributed by atoms with van der Waals surface area (Å²) in [5.41, 5.74) is -0.0462. The van der Waals surface area contributed by atoms with E-state index in [1.165, 1.54) is 0 Å². The highest BCUT2D eigenvalue weighted by molar-refractivity contribution is 5.75. The molecule has 2 aliphatic rings. The van der Waals surface area contributed by atoms with Gasteiger partial charge < -0.3 is 20.3 Å². The number of hydrogen-bond acceptors (Lipinski definition) is 3. The first kappa shape index (κ1) is 9.73. The second-order valence-electron chi connectivity index (χ2n) is 4.19. The first-order valence-corrected chi connectivity index (χ1v) is 5.05. The van der Waals surface area contributed by atoms with E-state index in [9.17, 15) is 4.79 Å². The molecule has 0 unspecified atom stereocenters. The van der Waals surface area contributed by atoms with Crippen LogP contribution in [0.25, 0.3) is 0 Å². The highest BCUT2D eigenvalue weighted by Crippen LogP contribution is 2.10. The van der Waals surface area contributed by atoms with Crippen LogP contribution >= 0.6 is 0 Å². The van der Waals surface area contributed by atoms with E-state index >= 15 is 0 Å². The summed E-state index contributed by atoms with van der Waals surface area (Å²) in [5.74, 6) is 0. The van der Waals surface area contributed by atoms with Gasteiger partial charge in [0, 0.05) is 26.2 Å². The average Bonchev–Trinajstić information content (AvgIpc) is 2.17. The molecule has 80 valence electrons. The van der Waals surface area contributed by atoms with Crippen molar-refractivity contribution in [3.63, 3.8) is 0 Å². The maximum absolute atomic E-state index is 11.7. The summed E-state index contributed by atoms with van der Waals surface area (Å²) in [6, 6.07) is 0.0392. The Morgan fingerprint density at radius 1 is 1.43 bits per heavy atom. The summed E-state index contributed by atoms with van der Waals surface area (Å²) in [6.07, 6.45) is 0. The second-order valence-corrected chi connectivity index (χ2v) is 4.19. The van der Waals surface area contributed by atoms with Gasteiger partial charge in [0.15, 0.2) is 0 Å². The quantitative estimate of drug-likeness (QED) is 0.592. The zero-order chi connectivity index (χ0) is 10.0. The molecule has 0 aliphatic carbocycles. The standard InChI is InChI=1S/C9H17N3O2/c1-9(6-10-7-9)11-8(13)12-2-4-14-5-3-12/h10H,2-7H2,1H3,(H,11,13). The summed E-state index contributed by atoms with van der Waals surface area (Å²) in [7, 11) is 0. The first-order chi connectivity index (χ1) is 6.70. The van der Waals surface area contributed by atoms with Gasteiger partial charge in [0.05, 0.1) is 18.8 Å². The molecule has 0 atom stereocenters. The van der Waals surface area contributed by atoms with Crippen molar-refractivity contribution >= 4 is 6.03 Å². The third-order valence-electron chi connectivity index (χ3n) is 2.74. The molecule has 0 aromatic carbocycles. The molecule has 5 nitrogen and oxygen atoms in total. The predicted octanol–water partition coefficient (Wildman–Crippen LogP) is -0.610. The van der Waals surface area contributed by atoms with E-state index in [0.29, 0.717) is 26.3 Å². The molecule has 0 aromatic heterocycles. The van der Waals surface area contributed by atoms with Gasteiger partial charge in [-0.2, -0.15) is 0 Å². The lowest BCUT2D eigenvalue weighted by Crippen LogP contribution is -2.68. The van der Waals surface area contributed by atoms with Crippen molar-refractivity contribution in [1.29, 1.82) is 0 Å². The SMILES string of the molecule is CC1(NC(=O)N2CCOCC2)CNC1. The highest BCUT2D eigenvalue weighted by Gasteiger charge is 2.34. The minimum atomic E-state index is -0.0462. The summed E-state index contributed by atoms with van der Waals surface area (Å²) < 4.78 is 5.19. The number of nitrogens with zero attached hydrogens (tertiary/aromatic N) is 1. The Labute approximate surface area is 83.8 Å². The number of morpholine rings is 1. The van der Waals surface area contributed by atoms with Crippen LogP contribution in [0.15, 0.2) is 0 Å². The molecule has 2 heterocycles. The van der Waals surface area contributed by atoms with Gasteiger partial charge in [-0.15, -0.1) is 0 Å². The second kappa shape index (κ2) is 3.74. The van der Waals surface area contributed by atoms with E-state index < -0.39 is 0 Å². The lowest BCUT2D eigenvalue weighted by Gasteiger charge is -2.41. The van der Waals surface area contributed by atoms with Gasteiger partial charge in [0.1, 0.15) is 0 Å². The Bertz CT molecular complexity index is 222. The van der Waals surface area contributed by atoms with Gasteiger partial charge in [-0.3, -0.25) is 0 Å². The van der Waals surface area contributed by atoms with E-state index in [1.807, 2.05) is 4.90 Å². The zero-order valence-electron chi connectivity index (χ0n) is 8.51. The van der Waals surface area contributed by atoms with Crippen LogP contribution < -0.4 is 10.6 Å². The Hall–Kier alpha value is -0.810. The van der Waals surface area contributed by atoms with Crippen molar-refractivity contribution in [2.24, 2.45) is 0 Å². The van der Waals surface area contributed by atoms with Crippen molar-refractivity contribution < 1.29 is 9.53 Å². The van der Waals surface area contributed by atoms with E-state index in [2.05, 4.69) is 17.6 Å². The normalized spacial score (nSPS) is 25.4. The first-order valence-electron chi connectivity index (χ1n) is 5.05. The van der Waals surface area contributed by atoms with Crippen LogP contribution in [0.1, 0.15) is 6.92 Å².